The van der Waals surface area contributed by atoms with E-state index < -0.39 is 63.7 Å². The SMILES string of the molecule is CN1C(N)=N[C@@]2(c3cc(NC(=O)c4ccc(F)cn4)ccc3F)COC(CF)[C@H]2S1(=O)=O. The normalized spacial score (nSPS) is 26.4. The molecule has 1 aromatic heterocycles. The fraction of sp³-hybridized carbons (Fsp3) is 0.316. The Kier molecular flexibility index (Phi) is 5.33. The number of sulfonamides is 1. The average molecular weight is 469 g/mol. The second-order valence-electron chi connectivity index (χ2n) is 7.34. The predicted octanol–water partition coefficient (Wildman–Crippen LogP) is 1.13. The van der Waals surface area contributed by atoms with Gasteiger partial charge in [0.1, 0.15) is 40.9 Å². The number of guanidine groups is 1. The van der Waals surface area contributed by atoms with Gasteiger partial charge in [-0.05, 0) is 30.3 Å². The monoisotopic (exact) mass is 469 g/mol. The molecule has 3 N–H and O–H groups in total. The first-order valence-electron chi connectivity index (χ1n) is 9.34. The summed E-state index contributed by atoms with van der Waals surface area (Å²) in [5.41, 5.74) is 3.69. The number of hydrogen-bond acceptors (Lipinski definition) is 7. The van der Waals surface area contributed by atoms with E-state index in [0.29, 0.717) is 4.31 Å². The Labute approximate surface area is 181 Å². The van der Waals surface area contributed by atoms with Gasteiger partial charge in [-0.15, -0.1) is 0 Å². The number of aliphatic imine (C=N–C) groups is 1. The number of alkyl halides is 1. The number of nitrogens with one attached hydrogen (secondary N) is 1. The molecule has 2 aliphatic rings. The van der Waals surface area contributed by atoms with Gasteiger partial charge in [0, 0.05) is 18.3 Å². The molecular weight excluding hydrogens is 451 g/mol. The van der Waals surface area contributed by atoms with Crippen molar-refractivity contribution in [3.8, 4) is 0 Å². The van der Waals surface area contributed by atoms with Crippen LogP contribution in [0.4, 0.5) is 18.9 Å². The molecule has 1 amide bonds. The summed E-state index contributed by atoms with van der Waals surface area (Å²) in [6.45, 7) is -1.57. The zero-order valence-corrected chi connectivity index (χ0v) is 17.4. The standard InChI is InChI=1S/C19H18F3N5O4S/c1-27-18(23)26-19(9-31-15(7-20)16(19)32(27,29)30)12-6-11(3-4-13(12)22)25-17(28)14-5-2-10(21)8-24-14/h2-6,8,15-16H,7,9H2,1H3,(H2,23,26)(H,25,28)/t15?,16-,19-/m1/s1. The first-order valence-corrected chi connectivity index (χ1v) is 10.8. The lowest BCUT2D eigenvalue weighted by Gasteiger charge is -2.39. The molecule has 1 saturated heterocycles. The number of fused-ring (bicyclic) bond motifs is 1. The minimum Gasteiger partial charge on any atom is -0.371 e. The van der Waals surface area contributed by atoms with E-state index in [1.54, 1.807) is 0 Å². The number of ether oxygens (including phenoxy) is 1. The molecule has 9 nitrogen and oxygen atoms in total. The van der Waals surface area contributed by atoms with Crippen LogP contribution < -0.4 is 11.1 Å². The van der Waals surface area contributed by atoms with Gasteiger partial charge in [-0.25, -0.2) is 35.9 Å². The molecule has 1 fully saturated rings. The van der Waals surface area contributed by atoms with Crippen LogP contribution in [-0.2, 0) is 20.3 Å². The molecule has 1 aromatic carbocycles. The summed E-state index contributed by atoms with van der Waals surface area (Å²) in [6, 6.07) is 5.65. The van der Waals surface area contributed by atoms with Gasteiger partial charge in [-0.3, -0.25) is 4.79 Å². The predicted molar refractivity (Wildman–Crippen MR) is 108 cm³/mol. The van der Waals surface area contributed by atoms with Gasteiger partial charge in [-0.2, -0.15) is 0 Å². The van der Waals surface area contributed by atoms with Crippen molar-refractivity contribution >= 4 is 27.6 Å². The van der Waals surface area contributed by atoms with Gasteiger partial charge in [0.25, 0.3) is 5.91 Å². The first-order chi connectivity index (χ1) is 15.1. The van der Waals surface area contributed by atoms with Crippen LogP contribution in [0.25, 0.3) is 0 Å². The lowest BCUT2D eigenvalue weighted by Crippen LogP contribution is -2.59. The number of nitrogens with zero attached hydrogens (tertiary/aromatic N) is 3. The van der Waals surface area contributed by atoms with E-state index in [1.807, 2.05) is 0 Å². The van der Waals surface area contributed by atoms with E-state index in [-0.39, 0.29) is 16.9 Å². The Hall–Kier alpha value is -3.19. The molecule has 1 unspecified atom stereocenters. The minimum atomic E-state index is -4.24. The quantitative estimate of drug-likeness (QED) is 0.691. The number of aromatic nitrogens is 1. The maximum absolute atomic E-state index is 15.0. The molecular formula is C19H18F3N5O4S. The smallest absolute Gasteiger partial charge is 0.274 e. The number of nitrogens with two attached hydrogens (primary N) is 1. The summed E-state index contributed by atoms with van der Waals surface area (Å²) in [5, 5.41) is 0.909. The number of pyridine rings is 1. The van der Waals surface area contributed by atoms with Crippen LogP contribution >= 0.6 is 0 Å². The number of hydrogen-bond donors (Lipinski definition) is 2. The van der Waals surface area contributed by atoms with E-state index in [4.69, 9.17) is 10.5 Å². The fourth-order valence-corrected chi connectivity index (χ4v) is 5.80. The molecule has 3 atom stereocenters. The number of benzene rings is 1. The fourth-order valence-electron chi connectivity index (χ4n) is 3.88. The molecule has 0 spiro atoms. The van der Waals surface area contributed by atoms with E-state index in [1.165, 1.54) is 12.1 Å². The third kappa shape index (κ3) is 3.37. The van der Waals surface area contributed by atoms with Crippen molar-refractivity contribution < 1.29 is 31.1 Å². The summed E-state index contributed by atoms with van der Waals surface area (Å²) in [4.78, 5) is 20.3. The Morgan fingerprint density at radius 3 is 2.75 bits per heavy atom. The number of amides is 1. The van der Waals surface area contributed by atoms with Gasteiger partial charge in [0.15, 0.2) is 0 Å². The molecule has 4 rings (SSSR count). The number of halogens is 3. The van der Waals surface area contributed by atoms with Crippen molar-refractivity contribution in [2.75, 3.05) is 25.6 Å². The average Bonchev–Trinajstić information content (AvgIpc) is 3.14. The highest BCUT2D eigenvalue weighted by molar-refractivity contribution is 7.90. The van der Waals surface area contributed by atoms with Gasteiger partial charge < -0.3 is 15.8 Å². The second kappa shape index (κ2) is 7.74. The summed E-state index contributed by atoms with van der Waals surface area (Å²) in [5.74, 6) is -2.58. The number of rotatable bonds is 4. The van der Waals surface area contributed by atoms with Crippen LogP contribution in [-0.4, -0.2) is 61.3 Å². The van der Waals surface area contributed by atoms with Crippen molar-refractivity contribution in [3.63, 3.8) is 0 Å². The molecule has 32 heavy (non-hydrogen) atoms. The molecule has 2 aliphatic heterocycles. The largest absolute Gasteiger partial charge is 0.371 e. The number of carbonyl (C=O) groups is 1. The van der Waals surface area contributed by atoms with Crippen molar-refractivity contribution in [3.05, 3.63) is 59.4 Å². The summed E-state index contributed by atoms with van der Waals surface area (Å²) in [7, 11) is -3.08. The first kappa shape index (κ1) is 22.0. The molecule has 3 heterocycles. The summed E-state index contributed by atoms with van der Waals surface area (Å²) in [6.07, 6.45) is -0.525. The molecule has 0 aliphatic carbocycles. The van der Waals surface area contributed by atoms with E-state index >= 15 is 0 Å². The van der Waals surface area contributed by atoms with Gasteiger partial charge in [0.05, 0.1) is 12.8 Å². The van der Waals surface area contributed by atoms with Crippen LogP contribution in [0.2, 0.25) is 0 Å². The van der Waals surface area contributed by atoms with Crippen LogP contribution in [0.15, 0.2) is 41.5 Å². The summed E-state index contributed by atoms with van der Waals surface area (Å²) < 4.78 is 73.7. The molecule has 13 heteroatoms. The molecule has 170 valence electrons. The minimum absolute atomic E-state index is 0.0828. The van der Waals surface area contributed by atoms with E-state index in [0.717, 1.165) is 31.4 Å². The highest BCUT2D eigenvalue weighted by Gasteiger charge is 2.62. The van der Waals surface area contributed by atoms with Crippen LogP contribution in [0.5, 0.6) is 0 Å². The third-order valence-electron chi connectivity index (χ3n) is 5.47. The summed E-state index contributed by atoms with van der Waals surface area (Å²) >= 11 is 0. The number of anilines is 1. The molecule has 0 bridgehead atoms. The van der Waals surface area contributed by atoms with Gasteiger partial charge in [0.2, 0.25) is 16.0 Å². The molecule has 2 aromatic rings. The Morgan fingerprint density at radius 2 is 2.09 bits per heavy atom. The van der Waals surface area contributed by atoms with Crippen LogP contribution in [0, 0.1) is 11.6 Å². The van der Waals surface area contributed by atoms with Crippen molar-refractivity contribution in [2.45, 2.75) is 16.9 Å². The van der Waals surface area contributed by atoms with Gasteiger partial charge >= 0.3 is 0 Å². The second-order valence-corrected chi connectivity index (χ2v) is 9.43. The Bertz CT molecular complexity index is 1210. The van der Waals surface area contributed by atoms with Gasteiger partial charge in [-0.1, -0.05) is 0 Å². The maximum Gasteiger partial charge on any atom is 0.274 e. The molecule has 0 saturated carbocycles. The maximum atomic E-state index is 15.0. The van der Waals surface area contributed by atoms with Crippen LogP contribution in [0.3, 0.4) is 0 Å². The van der Waals surface area contributed by atoms with Crippen LogP contribution in [0.1, 0.15) is 16.1 Å². The van der Waals surface area contributed by atoms with Crippen molar-refractivity contribution in [1.82, 2.24) is 9.29 Å². The van der Waals surface area contributed by atoms with Crippen molar-refractivity contribution in [2.24, 2.45) is 10.7 Å². The van der Waals surface area contributed by atoms with Crippen molar-refractivity contribution in [1.29, 1.82) is 0 Å². The number of carbonyl (C=O) groups excluding carboxylic acids is 1. The van der Waals surface area contributed by atoms with E-state index in [2.05, 4.69) is 15.3 Å². The molecule has 0 radical (unpaired) electrons. The Balaban J connectivity index is 1.78. The lowest BCUT2D eigenvalue weighted by molar-refractivity contribution is 0.0847. The highest BCUT2D eigenvalue weighted by atomic mass is 32.2. The zero-order valence-electron chi connectivity index (χ0n) is 16.6. The van der Waals surface area contributed by atoms with E-state index in [9.17, 15) is 26.4 Å². The highest BCUT2D eigenvalue weighted by Crippen LogP contribution is 2.46. The third-order valence-corrected chi connectivity index (χ3v) is 7.75. The Morgan fingerprint density at radius 1 is 1.34 bits per heavy atom. The topological polar surface area (TPSA) is 127 Å². The lowest BCUT2D eigenvalue weighted by atomic mass is 9.86. The zero-order chi connectivity index (χ0) is 23.3.